The molecule has 0 saturated heterocycles. The van der Waals surface area contributed by atoms with Gasteiger partial charge in [0.25, 0.3) is 0 Å². The molecule has 0 aromatic heterocycles. The van der Waals surface area contributed by atoms with Gasteiger partial charge in [0.1, 0.15) is 0 Å². The van der Waals surface area contributed by atoms with Gasteiger partial charge in [-0.1, -0.05) is 34.1 Å². The zero-order valence-corrected chi connectivity index (χ0v) is 14.3. The molecule has 106 valence electrons. The summed E-state index contributed by atoms with van der Waals surface area (Å²) in [6, 6.07) is 15.0. The Kier molecular flexibility index (Phi) is 5.70. The number of hydrogen-bond acceptors (Lipinski definition) is 2. The molecular formula is C17H20BrNS. The molecule has 1 unspecified atom stereocenters. The van der Waals surface area contributed by atoms with Crippen LogP contribution in [0.4, 0.5) is 0 Å². The summed E-state index contributed by atoms with van der Waals surface area (Å²) in [6.07, 6.45) is 0.946. The molecule has 0 aliphatic carbocycles. The van der Waals surface area contributed by atoms with Crippen LogP contribution in [0.2, 0.25) is 0 Å². The molecule has 2 aromatic carbocycles. The molecule has 3 heteroatoms. The van der Waals surface area contributed by atoms with Crippen molar-refractivity contribution in [1.82, 2.24) is 0 Å². The van der Waals surface area contributed by atoms with E-state index in [4.69, 9.17) is 5.73 Å². The van der Waals surface area contributed by atoms with Crippen molar-refractivity contribution in [2.24, 2.45) is 5.73 Å². The first kappa shape index (κ1) is 15.6. The normalized spacial score (nSPS) is 12.4. The third kappa shape index (κ3) is 4.37. The van der Waals surface area contributed by atoms with E-state index < -0.39 is 0 Å². The van der Waals surface area contributed by atoms with E-state index in [1.807, 2.05) is 11.8 Å². The SMILES string of the molecule is Cc1cccc(C)c1CC(N)CSc1ccc(Br)cc1. The molecule has 2 rings (SSSR count). The van der Waals surface area contributed by atoms with Crippen molar-refractivity contribution in [3.8, 4) is 0 Å². The topological polar surface area (TPSA) is 26.0 Å². The zero-order chi connectivity index (χ0) is 14.5. The number of halogens is 1. The maximum atomic E-state index is 6.29. The van der Waals surface area contributed by atoms with Crippen LogP contribution in [0.5, 0.6) is 0 Å². The van der Waals surface area contributed by atoms with Crippen LogP contribution in [-0.2, 0) is 6.42 Å². The van der Waals surface area contributed by atoms with Gasteiger partial charge in [0.15, 0.2) is 0 Å². The van der Waals surface area contributed by atoms with Gasteiger partial charge < -0.3 is 5.73 Å². The molecule has 0 amide bonds. The highest BCUT2D eigenvalue weighted by molar-refractivity contribution is 9.10. The molecule has 2 aromatic rings. The van der Waals surface area contributed by atoms with Gasteiger partial charge in [-0.3, -0.25) is 0 Å². The van der Waals surface area contributed by atoms with Crippen LogP contribution in [0.3, 0.4) is 0 Å². The summed E-state index contributed by atoms with van der Waals surface area (Å²) in [4.78, 5) is 1.27. The average Bonchev–Trinajstić information content (AvgIpc) is 2.42. The highest BCUT2D eigenvalue weighted by Gasteiger charge is 2.09. The molecule has 0 aliphatic heterocycles. The van der Waals surface area contributed by atoms with Crippen LogP contribution in [0.15, 0.2) is 51.8 Å². The van der Waals surface area contributed by atoms with Crippen LogP contribution < -0.4 is 5.73 Å². The number of thioether (sulfide) groups is 1. The van der Waals surface area contributed by atoms with E-state index in [2.05, 4.69) is 72.2 Å². The fourth-order valence-electron chi connectivity index (χ4n) is 2.23. The van der Waals surface area contributed by atoms with Gasteiger partial charge in [-0.05, 0) is 61.2 Å². The standard InChI is InChI=1S/C17H20BrNS/c1-12-4-3-5-13(2)17(12)10-15(19)11-20-16-8-6-14(18)7-9-16/h3-9,15H,10-11,19H2,1-2H3. The van der Waals surface area contributed by atoms with Gasteiger partial charge in [-0.25, -0.2) is 0 Å². The Morgan fingerprint density at radius 2 is 1.65 bits per heavy atom. The van der Waals surface area contributed by atoms with Gasteiger partial charge in [-0.15, -0.1) is 11.8 Å². The van der Waals surface area contributed by atoms with Crippen molar-refractivity contribution in [2.75, 3.05) is 5.75 Å². The van der Waals surface area contributed by atoms with Crippen molar-refractivity contribution in [3.63, 3.8) is 0 Å². The Balaban J connectivity index is 1.92. The van der Waals surface area contributed by atoms with Gasteiger partial charge in [0.05, 0.1) is 0 Å². The lowest BCUT2D eigenvalue weighted by atomic mass is 9.97. The number of aryl methyl sites for hydroxylation is 2. The third-order valence-corrected chi connectivity index (χ3v) is 5.12. The lowest BCUT2D eigenvalue weighted by molar-refractivity contribution is 0.741. The minimum atomic E-state index is 0.184. The summed E-state index contributed by atoms with van der Waals surface area (Å²) >= 11 is 5.27. The van der Waals surface area contributed by atoms with Gasteiger partial charge in [0.2, 0.25) is 0 Å². The molecule has 1 atom stereocenters. The second-order valence-corrected chi connectivity index (χ2v) is 7.11. The van der Waals surface area contributed by atoms with Gasteiger partial charge >= 0.3 is 0 Å². The molecule has 20 heavy (non-hydrogen) atoms. The van der Waals surface area contributed by atoms with Crippen LogP contribution in [-0.4, -0.2) is 11.8 Å². The summed E-state index contributed by atoms with van der Waals surface area (Å²) in [7, 11) is 0. The van der Waals surface area contributed by atoms with Crippen LogP contribution in [0, 0.1) is 13.8 Å². The molecule has 0 aliphatic rings. The fraction of sp³-hybridized carbons (Fsp3) is 0.294. The predicted molar refractivity (Wildman–Crippen MR) is 92.5 cm³/mol. The fourth-order valence-corrected chi connectivity index (χ4v) is 3.34. The van der Waals surface area contributed by atoms with E-state index in [0.29, 0.717) is 0 Å². The molecule has 2 N–H and O–H groups in total. The van der Waals surface area contributed by atoms with E-state index >= 15 is 0 Å². The zero-order valence-electron chi connectivity index (χ0n) is 11.9. The predicted octanol–water partition coefficient (Wildman–Crippen LogP) is 4.73. The highest BCUT2D eigenvalue weighted by atomic mass is 79.9. The van der Waals surface area contributed by atoms with Crippen LogP contribution in [0.25, 0.3) is 0 Å². The molecule has 0 saturated carbocycles. The summed E-state index contributed by atoms with van der Waals surface area (Å²) in [6.45, 7) is 4.33. The molecular weight excluding hydrogens is 330 g/mol. The quantitative estimate of drug-likeness (QED) is 0.789. The van der Waals surface area contributed by atoms with E-state index in [-0.39, 0.29) is 6.04 Å². The minimum Gasteiger partial charge on any atom is -0.327 e. The van der Waals surface area contributed by atoms with Crippen molar-refractivity contribution in [3.05, 3.63) is 63.6 Å². The minimum absolute atomic E-state index is 0.184. The summed E-state index contributed by atoms with van der Waals surface area (Å²) in [5, 5.41) is 0. The first-order valence-corrected chi connectivity index (χ1v) is 8.53. The van der Waals surface area contributed by atoms with Crippen molar-refractivity contribution < 1.29 is 0 Å². The number of benzene rings is 2. The number of hydrogen-bond donors (Lipinski definition) is 1. The molecule has 1 nitrogen and oxygen atoms in total. The second-order valence-electron chi connectivity index (χ2n) is 5.10. The Labute approximate surface area is 134 Å². The van der Waals surface area contributed by atoms with Gasteiger partial charge in [0, 0.05) is 21.2 Å². The smallest absolute Gasteiger partial charge is 0.0176 e. The van der Waals surface area contributed by atoms with E-state index in [1.165, 1.54) is 21.6 Å². The number of nitrogens with two attached hydrogens (primary N) is 1. The Morgan fingerprint density at radius 1 is 1.05 bits per heavy atom. The Hall–Kier alpha value is -0.770. The summed E-state index contributed by atoms with van der Waals surface area (Å²) in [5.74, 6) is 0.940. The summed E-state index contributed by atoms with van der Waals surface area (Å²) < 4.78 is 1.11. The summed E-state index contributed by atoms with van der Waals surface area (Å²) in [5.41, 5.74) is 10.4. The van der Waals surface area contributed by atoms with E-state index in [9.17, 15) is 0 Å². The average molecular weight is 350 g/mol. The number of rotatable bonds is 5. The maximum Gasteiger partial charge on any atom is 0.0176 e. The Morgan fingerprint density at radius 3 is 2.25 bits per heavy atom. The van der Waals surface area contributed by atoms with Crippen molar-refractivity contribution in [1.29, 1.82) is 0 Å². The van der Waals surface area contributed by atoms with Crippen LogP contribution >= 0.6 is 27.7 Å². The lowest BCUT2D eigenvalue weighted by Gasteiger charge is -2.15. The molecule has 0 spiro atoms. The van der Waals surface area contributed by atoms with E-state index in [0.717, 1.165) is 16.6 Å². The molecule has 0 bridgehead atoms. The third-order valence-electron chi connectivity index (χ3n) is 3.39. The van der Waals surface area contributed by atoms with Gasteiger partial charge in [-0.2, -0.15) is 0 Å². The first-order valence-electron chi connectivity index (χ1n) is 6.75. The van der Waals surface area contributed by atoms with Crippen LogP contribution in [0.1, 0.15) is 16.7 Å². The highest BCUT2D eigenvalue weighted by Crippen LogP contribution is 2.22. The van der Waals surface area contributed by atoms with Crippen molar-refractivity contribution >= 4 is 27.7 Å². The maximum absolute atomic E-state index is 6.29. The molecule has 0 heterocycles. The second kappa shape index (κ2) is 7.30. The molecule has 0 radical (unpaired) electrons. The van der Waals surface area contributed by atoms with Crippen molar-refractivity contribution in [2.45, 2.75) is 31.2 Å². The molecule has 0 fully saturated rings. The first-order chi connectivity index (χ1) is 9.56. The lowest BCUT2D eigenvalue weighted by Crippen LogP contribution is -2.26. The monoisotopic (exact) mass is 349 g/mol. The Bertz CT molecular complexity index is 545. The largest absolute Gasteiger partial charge is 0.327 e. The van der Waals surface area contributed by atoms with E-state index in [1.54, 1.807) is 0 Å².